The van der Waals surface area contributed by atoms with Crippen LogP contribution >= 0.6 is 0 Å². The zero-order valence-electron chi connectivity index (χ0n) is 25.0. The number of nitrogens with zero attached hydrogens (tertiary/aromatic N) is 5. The minimum Gasteiger partial charge on any atom is -0.489 e. The van der Waals surface area contributed by atoms with E-state index in [0.717, 1.165) is 63.4 Å². The second kappa shape index (κ2) is 11.2. The van der Waals surface area contributed by atoms with Crippen LogP contribution in [0.1, 0.15) is 60.6 Å². The molecule has 2 aromatic rings. The van der Waals surface area contributed by atoms with Gasteiger partial charge < -0.3 is 19.9 Å². The summed E-state index contributed by atoms with van der Waals surface area (Å²) in [5, 5.41) is 12.5. The summed E-state index contributed by atoms with van der Waals surface area (Å²) in [6.07, 6.45) is 0.938. The Morgan fingerprint density at radius 2 is 1.86 bits per heavy atom. The number of hydrogen-bond donors (Lipinski definition) is 1. The molecule has 1 aromatic carbocycles. The molecule has 5 atom stereocenters. The van der Waals surface area contributed by atoms with E-state index in [1.807, 2.05) is 17.0 Å². The first-order valence-electron chi connectivity index (χ1n) is 15.9. The van der Waals surface area contributed by atoms with Crippen molar-refractivity contribution in [3.63, 3.8) is 0 Å². The number of piperazine rings is 1. The van der Waals surface area contributed by atoms with Crippen LogP contribution in [0.25, 0.3) is 0 Å². The zero-order chi connectivity index (χ0) is 30.6. The molecule has 5 unspecified atom stereocenters. The van der Waals surface area contributed by atoms with Crippen LogP contribution in [-0.4, -0.2) is 84.7 Å². The number of halogens is 3. The minimum atomic E-state index is -4.70. The summed E-state index contributed by atoms with van der Waals surface area (Å²) in [4.78, 5) is 24.5. The molecule has 1 N–H and O–H groups in total. The van der Waals surface area contributed by atoms with Crippen molar-refractivity contribution in [3.8, 4) is 11.8 Å². The maximum atomic E-state index is 13.8. The monoisotopic (exact) mass is 608 g/mol. The quantitative estimate of drug-likeness (QED) is 0.515. The summed E-state index contributed by atoms with van der Waals surface area (Å²) in [5.41, 5.74) is 0.00935. The number of rotatable bonds is 6. The molecule has 1 amide bonds. The van der Waals surface area contributed by atoms with Gasteiger partial charge in [0, 0.05) is 67.9 Å². The summed E-state index contributed by atoms with van der Waals surface area (Å²) in [5.74, 6) is 1.18. The summed E-state index contributed by atoms with van der Waals surface area (Å²) in [6.45, 7) is 9.68. The van der Waals surface area contributed by atoms with Crippen molar-refractivity contribution in [3.05, 3.63) is 53.3 Å². The van der Waals surface area contributed by atoms with Gasteiger partial charge in [-0.25, -0.2) is 4.98 Å². The molecule has 1 aromatic heterocycles. The van der Waals surface area contributed by atoms with Crippen molar-refractivity contribution < 1.29 is 22.7 Å². The normalized spacial score (nSPS) is 30.5. The Morgan fingerprint density at radius 1 is 1.14 bits per heavy atom. The second-order valence-corrected chi connectivity index (χ2v) is 13.5. The third-order valence-corrected chi connectivity index (χ3v) is 10.9. The molecule has 8 nitrogen and oxygen atoms in total. The van der Waals surface area contributed by atoms with Gasteiger partial charge in [-0.2, -0.15) is 18.4 Å². The van der Waals surface area contributed by atoms with Gasteiger partial charge in [-0.1, -0.05) is 6.92 Å². The summed E-state index contributed by atoms with van der Waals surface area (Å²) in [7, 11) is 0. The fourth-order valence-electron chi connectivity index (χ4n) is 8.90. The Morgan fingerprint density at radius 3 is 2.52 bits per heavy atom. The zero-order valence-corrected chi connectivity index (χ0v) is 25.0. The largest absolute Gasteiger partial charge is 0.489 e. The van der Waals surface area contributed by atoms with Gasteiger partial charge in [0.05, 0.1) is 11.8 Å². The lowest BCUT2D eigenvalue weighted by Gasteiger charge is -2.71. The number of alkyl halides is 3. The van der Waals surface area contributed by atoms with E-state index in [1.165, 1.54) is 31.7 Å². The molecule has 7 rings (SSSR count). The van der Waals surface area contributed by atoms with Gasteiger partial charge >= 0.3 is 6.18 Å². The number of nitrogens with one attached hydrogen (secondary N) is 1. The van der Waals surface area contributed by atoms with Gasteiger partial charge in [0.25, 0.3) is 5.91 Å². The second-order valence-electron chi connectivity index (χ2n) is 13.5. The number of benzene rings is 1. The first-order chi connectivity index (χ1) is 21.2. The number of carbonyl (C=O) groups is 1. The fraction of sp³-hybridized carbons (Fsp3) is 0.606. The van der Waals surface area contributed by atoms with Crippen molar-refractivity contribution in [2.75, 3.05) is 50.7 Å². The number of nitriles is 1. The van der Waals surface area contributed by atoms with Crippen molar-refractivity contribution >= 4 is 11.6 Å². The van der Waals surface area contributed by atoms with E-state index >= 15 is 0 Å². The smallest absolute Gasteiger partial charge is 0.419 e. The first-order valence-corrected chi connectivity index (χ1v) is 15.9. The Hall–Kier alpha value is -3.36. The van der Waals surface area contributed by atoms with Crippen LogP contribution in [0.5, 0.6) is 5.75 Å². The molecule has 234 valence electrons. The minimum absolute atomic E-state index is 0.00215. The molecule has 11 heteroatoms. The van der Waals surface area contributed by atoms with Crippen molar-refractivity contribution in [2.24, 2.45) is 17.3 Å². The van der Waals surface area contributed by atoms with Gasteiger partial charge in [-0.15, -0.1) is 0 Å². The lowest BCUT2D eigenvalue weighted by molar-refractivity contribution is -0.196. The fourth-order valence-corrected chi connectivity index (χ4v) is 8.90. The summed E-state index contributed by atoms with van der Waals surface area (Å²) >= 11 is 0. The van der Waals surface area contributed by atoms with E-state index in [9.17, 15) is 18.0 Å². The molecular weight excluding hydrogens is 569 g/mol. The standard InChI is InChI=1S/C33H39F3N6O2/c1-21-16-32-17-25(44-26-14-27(33(34,35)36)28(18-37)39-19-26)15-29(32)42(30(21)32)31(43)23-2-4-24(5-3-23)41-12-10-40(11-13-41)20-22-6-8-38-9-7-22/h2-5,14,19,21-22,25,29-30,38H,6-13,15-17,20H2,1H3. The Bertz CT molecular complexity index is 1430. The molecule has 4 heterocycles. The van der Waals surface area contributed by atoms with Gasteiger partial charge in [0.15, 0.2) is 5.69 Å². The highest BCUT2D eigenvalue weighted by Crippen LogP contribution is 2.68. The predicted molar refractivity (Wildman–Crippen MR) is 158 cm³/mol. The third-order valence-electron chi connectivity index (χ3n) is 10.9. The summed E-state index contributed by atoms with van der Waals surface area (Å²) in [6, 6.07) is 10.5. The van der Waals surface area contributed by atoms with E-state index in [1.54, 1.807) is 0 Å². The van der Waals surface area contributed by atoms with Crippen LogP contribution in [-0.2, 0) is 6.18 Å². The van der Waals surface area contributed by atoms with E-state index < -0.39 is 17.4 Å². The Kier molecular flexibility index (Phi) is 7.48. The number of piperidine rings is 2. The molecule has 3 aliphatic heterocycles. The third kappa shape index (κ3) is 5.10. The van der Waals surface area contributed by atoms with Gasteiger partial charge in [0.1, 0.15) is 17.9 Å². The number of likely N-dealkylation sites (tertiary alicyclic amines) is 1. The van der Waals surface area contributed by atoms with Gasteiger partial charge in [-0.3, -0.25) is 9.69 Å². The highest BCUT2D eigenvalue weighted by molar-refractivity contribution is 5.96. The van der Waals surface area contributed by atoms with E-state index in [-0.39, 0.29) is 35.3 Å². The molecular formula is C33H39F3N6O2. The molecule has 44 heavy (non-hydrogen) atoms. The van der Waals surface area contributed by atoms with Crippen molar-refractivity contribution in [1.82, 2.24) is 20.1 Å². The van der Waals surface area contributed by atoms with Crippen LogP contribution in [0.15, 0.2) is 36.5 Å². The molecule has 1 spiro atoms. The number of pyridine rings is 1. The maximum Gasteiger partial charge on any atom is 0.419 e. The number of ether oxygens (including phenoxy) is 1. The average Bonchev–Trinajstić information content (AvgIpc) is 3.34. The van der Waals surface area contributed by atoms with Gasteiger partial charge in [0.2, 0.25) is 0 Å². The number of carbonyl (C=O) groups excluding carboxylic acids is 1. The highest BCUT2D eigenvalue weighted by Gasteiger charge is 2.73. The maximum absolute atomic E-state index is 13.8. The SMILES string of the molecule is CC1CC23CC(Oc4cnc(C#N)c(C(F)(F)F)c4)CC2N(C(=O)c2ccc(N4CCN(CC5CCNCC5)CC4)cc2)C13. The first kappa shape index (κ1) is 29.4. The van der Waals surface area contributed by atoms with E-state index in [0.29, 0.717) is 24.3 Å². The lowest BCUT2D eigenvalue weighted by atomic mass is 9.48. The van der Waals surface area contributed by atoms with E-state index in [2.05, 4.69) is 39.2 Å². The van der Waals surface area contributed by atoms with Crippen molar-refractivity contribution in [1.29, 1.82) is 5.26 Å². The van der Waals surface area contributed by atoms with Crippen LogP contribution < -0.4 is 15.0 Å². The number of hydrogen-bond acceptors (Lipinski definition) is 7. The Balaban J connectivity index is 0.980. The van der Waals surface area contributed by atoms with Crippen LogP contribution in [0, 0.1) is 28.6 Å². The molecule has 5 aliphatic rings. The van der Waals surface area contributed by atoms with Crippen LogP contribution in [0.3, 0.4) is 0 Å². The Labute approximate surface area is 256 Å². The van der Waals surface area contributed by atoms with Crippen LogP contribution in [0.2, 0.25) is 0 Å². The van der Waals surface area contributed by atoms with Crippen LogP contribution in [0.4, 0.5) is 18.9 Å². The highest BCUT2D eigenvalue weighted by atomic mass is 19.4. The number of amides is 1. The molecule has 2 saturated carbocycles. The molecule has 0 bridgehead atoms. The number of anilines is 1. The topological polar surface area (TPSA) is 84.7 Å². The predicted octanol–water partition coefficient (Wildman–Crippen LogP) is 4.55. The average molecular weight is 609 g/mol. The van der Waals surface area contributed by atoms with Gasteiger partial charge in [-0.05, 0) is 80.9 Å². The van der Waals surface area contributed by atoms with Crippen molar-refractivity contribution in [2.45, 2.75) is 63.4 Å². The number of aromatic nitrogens is 1. The molecule has 5 fully saturated rings. The summed E-state index contributed by atoms with van der Waals surface area (Å²) < 4.78 is 46.4. The molecule has 3 saturated heterocycles. The lowest BCUT2D eigenvalue weighted by Crippen LogP contribution is -2.79. The molecule has 0 radical (unpaired) electrons. The van der Waals surface area contributed by atoms with E-state index in [4.69, 9.17) is 10.00 Å². The molecule has 2 aliphatic carbocycles.